The van der Waals surface area contributed by atoms with Crippen LogP contribution in [0.4, 0.5) is 0 Å². The van der Waals surface area contributed by atoms with E-state index in [0.29, 0.717) is 28.8 Å². The molecule has 7 heteroatoms. The zero-order chi connectivity index (χ0) is 24.9. The molecule has 4 aromatic rings. The van der Waals surface area contributed by atoms with Gasteiger partial charge >= 0.3 is 0 Å². The number of hydrogen-bond acceptors (Lipinski definition) is 5. The molecule has 0 saturated heterocycles. The number of rotatable bonds is 8. The van der Waals surface area contributed by atoms with Gasteiger partial charge in [-0.15, -0.1) is 0 Å². The lowest BCUT2D eigenvalue weighted by atomic mass is 10.1. The van der Waals surface area contributed by atoms with Gasteiger partial charge in [-0.2, -0.15) is 0 Å². The first-order valence-electron chi connectivity index (χ1n) is 11.3. The van der Waals surface area contributed by atoms with Crippen molar-refractivity contribution in [3.05, 3.63) is 94.1 Å². The molecule has 1 aromatic heterocycles. The van der Waals surface area contributed by atoms with Gasteiger partial charge in [0.15, 0.2) is 11.5 Å². The Kier molecular flexibility index (Phi) is 7.42. The maximum absolute atomic E-state index is 12.6. The number of amides is 1. The van der Waals surface area contributed by atoms with Gasteiger partial charge in [0.1, 0.15) is 17.2 Å². The smallest absolute Gasteiger partial charge is 0.273 e. The second-order valence-electron chi connectivity index (χ2n) is 8.56. The third kappa shape index (κ3) is 6.22. The van der Waals surface area contributed by atoms with E-state index in [0.717, 1.165) is 28.0 Å². The van der Waals surface area contributed by atoms with Crippen molar-refractivity contribution in [3.8, 4) is 28.6 Å². The van der Waals surface area contributed by atoms with E-state index in [4.69, 9.17) is 25.6 Å². The van der Waals surface area contributed by atoms with Crippen LogP contribution in [0, 0.1) is 13.8 Å². The standard InChI is InChI=1S/C28H27ClN2O4/c1-17(2)33-26-12-7-21(13-19(26)4)27-15-25(31-35-27)28(32)30-16-20-5-8-22(9-6-20)34-23-10-11-24(29)18(3)14-23/h5-15,17H,16H2,1-4H3,(H,30,32). The molecular formula is C28H27ClN2O4. The van der Waals surface area contributed by atoms with Crippen molar-refractivity contribution in [3.63, 3.8) is 0 Å². The highest BCUT2D eigenvalue weighted by molar-refractivity contribution is 6.31. The number of nitrogens with one attached hydrogen (secondary N) is 1. The molecule has 0 radical (unpaired) electrons. The van der Waals surface area contributed by atoms with Gasteiger partial charge in [-0.3, -0.25) is 4.79 Å². The van der Waals surface area contributed by atoms with E-state index in [1.807, 2.05) is 88.4 Å². The number of carbonyl (C=O) groups is 1. The van der Waals surface area contributed by atoms with Gasteiger partial charge in [0.25, 0.3) is 5.91 Å². The summed E-state index contributed by atoms with van der Waals surface area (Å²) in [4.78, 5) is 12.6. The summed E-state index contributed by atoms with van der Waals surface area (Å²) in [5, 5.41) is 7.50. The third-order valence-corrected chi connectivity index (χ3v) is 5.73. The minimum Gasteiger partial charge on any atom is -0.491 e. The molecule has 180 valence electrons. The van der Waals surface area contributed by atoms with Crippen LogP contribution in [0.2, 0.25) is 5.02 Å². The quantitative estimate of drug-likeness (QED) is 0.284. The molecule has 0 aliphatic heterocycles. The Balaban J connectivity index is 1.34. The number of halogens is 1. The summed E-state index contributed by atoms with van der Waals surface area (Å²) in [6.45, 7) is 8.22. The summed E-state index contributed by atoms with van der Waals surface area (Å²) in [6.07, 6.45) is 0.0941. The number of carbonyl (C=O) groups excluding carboxylic acids is 1. The molecule has 0 fully saturated rings. The fourth-order valence-electron chi connectivity index (χ4n) is 3.47. The molecule has 3 aromatic carbocycles. The van der Waals surface area contributed by atoms with E-state index in [-0.39, 0.29) is 17.7 Å². The minimum absolute atomic E-state index is 0.0941. The van der Waals surface area contributed by atoms with E-state index >= 15 is 0 Å². The van der Waals surface area contributed by atoms with Crippen molar-refractivity contribution in [1.82, 2.24) is 10.5 Å². The summed E-state index contributed by atoms with van der Waals surface area (Å²) >= 11 is 6.06. The number of ether oxygens (including phenoxy) is 2. The molecule has 0 saturated carbocycles. The lowest BCUT2D eigenvalue weighted by molar-refractivity contribution is 0.0942. The molecule has 6 nitrogen and oxygen atoms in total. The van der Waals surface area contributed by atoms with Gasteiger partial charge in [-0.05, 0) is 92.9 Å². The maximum Gasteiger partial charge on any atom is 0.273 e. The molecule has 0 atom stereocenters. The molecule has 0 unspecified atom stereocenters. The van der Waals surface area contributed by atoms with Gasteiger partial charge < -0.3 is 19.3 Å². The molecule has 0 aliphatic carbocycles. The summed E-state index contributed by atoms with van der Waals surface area (Å²) in [7, 11) is 0. The SMILES string of the molecule is Cc1cc(Oc2ccc(CNC(=O)c3cc(-c4ccc(OC(C)C)c(C)c4)on3)cc2)ccc1Cl. The van der Waals surface area contributed by atoms with Gasteiger partial charge in [0, 0.05) is 23.2 Å². The largest absolute Gasteiger partial charge is 0.491 e. The molecule has 0 bridgehead atoms. The van der Waals surface area contributed by atoms with Gasteiger partial charge in [-0.1, -0.05) is 28.9 Å². The Labute approximate surface area is 209 Å². The summed E-state index contributed by atoms with van der Waals surface area (Å²) < 4.78 is 17.1. The van der Waals surface area contributed by atoms with Crippen molar-refractivity contribution in [2.45, 2.75) is 40.3 Å². The molecule has 0 spiro atoms. The fourth-order valence-corrected chi connectivity index (χ4v) is 3.59. The number of nitrogens with zero attached hydrogens (tertiary/aromatic N) is 1. The number of aryl methyl sites for hydroxylation is 2. The van der Waals surface area contributed by atoms with Crippen LogP contribution < -0.4 is 14.8 Å². The average Bonchev–Trinajstić information content (AvgIpc) is 3.32. The van der Waals surface area contributed by atoms with E-state index in [1.54, 1.807) is 6.07 Å². The normalized spacial score (nSPS) is 10.9. The van der Waals surface area contributed by atoms with Crippen LogP contribution in [0.3, 0.4) is 0 Å². The van der Waals surface area contributed by atoms with Crippen molar-refractivity contribution in [2.24, 2.45) is 0 Å². The highest BCUT2D eigenvalue weighted by Gasteiger charge is 2.15. The van der Waals surface area contributed by atoms with Crippen LogP contribution >= 0.6 is 11.6 Å². The van der Waals surface area contributed by atoms with Gasteiger partial charge in [0.2, 0.25) is 0 Å². The molecule has 1 amide bonds. The van der Waals surface area contributed by atoms with E-state index in [9.17, 15) is 4.79 Å². The Hall–Kier alpha value is -3.77. The molecular weight excluding hydrogens is 464 g/mol. The minimum atomic E-state index is -0.312. The first-order chi connectivity index (χ1) is 16.8. The van der Waals surface area contributed by atoms with Crippen molar-refractivity contribution in [1.29, 1.82) is 0 Å². The molecule has 0 aliphatic rings. The highest BCUT2D eigenvalue weighted by atomic mass is 35.5. The fraction of sp³-hybridized carbons (Fsp3) is 0.214. The number of hydrogen-bond donors (Lipinski definition) is 1. The molecule has 35 heavy (non-hydrogen) atoms. The predicted molar refractivity (Wildman–Crippen MR) is 136 cm³/mol. The topological polar surface area (TPSA) is 73.6 Å². The van der Waals surface area contributed by atoms with Crippen LogP contribution in [0.1, 0.15) is 41.0 Å². The number of benzene rings is 3. The van der Waals surface area contributed by atoms with E-state index < -0.39 is 0 Å². The zero-order valence-corrected chi connectivity index (χ0v) is 20.8. The molecule has 1 heterocycles. The predicted octanol–water partition coefficient (Wildman–Crippen LogP) is 7.12. The lowest BCUT2D eigenvalue weighted by Crippen LogP contribution is -2.22. The van der Waals surface area contributed by atoms with Crippen LogP contribution in [-0.2, 0) is 6.54 Å². The average molecular weight is 491 g/mol. The van der Waals surface area contributed by atoms with Crippen molar-refractivity contribution < 1.29 is 18.8 Å². The highest BCUT2D eigenvalue weighted by Crippen LogP contribution is 2.28. The van der Waals surface area contributed by atoms with Crippen LogP contribution in [0.25, 0.3) is 11.3 Å². The van der Waals surface area contributed by atoms with E-state index in [2.05, 4.69) is 10.5 Å². The lowest BCUT2D eigenvalue weighted by Gasteiger charge is -2.12. The van der Waals surface area contributed by atoms with Crippen molar-refractivity contribution >= 4 is 17.5 Å². The van der Waals surface area contributed by atoms with Crippen molar-refractivity contribution in [2.75, 3.05) is 0 Å². The van der Waals surface area contributed by atoms with Crippen LogP contribution in [-0.4, -0.2) is 17.2 Å². The Morgan fingerprint density at radius 2 is 1.71 bits per heavy atom. The van der Waals surface area contributed by atoms with E-state index in [1.165, 1.54) is 0 Å². The second-order valence-corrected chi connectivity index (χ2v) is 8.97. The first kappa shape index (κ1) is 24.4. The van der Waals surface area contributed by atoms with Crippen LogP contribution in [0.5, 0.6) is 17.2 Å². The van der Waals surface area contributed by atoms with Gasteiger partial charge in [-0.25, -0.2) is 0 Å². The Morgan fingerprint density at radius 3 is 2.40 bits per heavy atom. The third-order valence-electron chi connectivity index (χ3n) is 5.31. The first-order valence-corrected chi connectivity index (χ1v) is 11.7. The summed E-state index contributed by atoms with van der Waals surface area (Å²) in [6, 6.07) is 20.4. The maximum atomic E-state index is 12.6. The summed E-state index contributed by atoms with van der Waals surface area (Å²) in [5.74, 6) is 2.44. The molecule has 1 N–H and O–H groups in total. The molecule has 4 rings (SSSR count). The Bertz CT molecular complexity index is 1330. The number of aromatic nitrogens is 1. The monoisotopic (exact) mass is 490 g/mol. The Morgan fingerprint density at radius 1 is 0.971 bits per heavy atom. The summed E-state index contributed by atoms with van der Waals surface area (Å²) in [5.41, 5.74) is 3.91. The van der Waals surface area contributed by atoms with Gasteiger partial charge in [0.05, 0.1) is 6.10 Å². The van der Waals surface area contributed by atoms with Crippen LogP contribution in [0.15, 0.2) is 71.3 Å². The second kappa shape index (κ2) is 10.7. The zero-order valence-electron chi connectivity index (χ0n) is 20.1.